The van der Waals surface area contributed by atoms with Crippen molar-refractivity contribution in [3.8, 4) is 22.5 Å². The van der Waals surface area contributed by atoms with Crippen LogP contribution in [-0.2, 0) is 0 Å². The fourth-order valence-electron chi connectivity index (χ4n) is 3.61. The third kappa shape index (κ3) is 4.20. The molecule has 0 bridgehead atoms. The standard InChI is InChI=1S/C26H18N4O3/c31-26(20-8-6-18(7-9-20)17-4-2-1-3-5-17)27-21-12-10-19(11-13-21)25-28-23-15-14-22(30(32)33)16-24(23)29-25/h1-16H,(H,27,31)(H,28,29). The number of carbonyl (C=O) groups is 1. The lowest BCUT2D eigenvalue weighted by Gasteiger charge is -2.07. The summed E-state index contributed by atoms with van der Waals surface area (Å²) >= 11 is 0. The molecule has 5 aromatic rings. The number of hydrogen-bond donors (Lipinski definition) is 2. The quantitative estimate of drug-likeness (QED) is 0.259. The maximum Gasteiger partial charge on any atom is 0.271 e. The second kappa shape index (κ2) is 8.39. The maximum atomic E-state index is 12.6. The van der Waals surface area contributed by atoms with Crippen molar-refractivity contribution in [2.75, 3.05) is 5.32 Å². The van der Waals surface area contributed by atoms with Crippen molar-refractivity contribution in [2.45, 2.75) is 0 Å². The number of nitro groups is 1. The first kappa shape index (κ1) is 20.1. The minimum absolute atomic E-state index is 0.00700. The number of nitrogens with zero attached hydrogens (tertiary/aromatic N) is 2. The zero-order valence-electron chi connectivity index (χ0n) is 17.4. The molecule has 1 heterocycles. The van der Waals surface area contributed by atoms with Crippen molar-refractivity contribution < 1.29 is 9.72 Å². The Bertz CT molecular complexity index is 1460. The van der Waals surface area contributed by atoms with Gasteiger partial charge in [-0.15, -0.1) is 0 Å². The third-order valence-electron chi connectivity index (χ3n) is 5.35. The third-order valence-corrected chi connectivity index (χ3v) is 5.35. The second-order valence-corrected chi connectivity index (χ2v) is 7.52. The van der Waals surface area contributed by atoms with Gasteiger partial charge in [0.1, 0.15) is 5.82 Å². The van der Waals surface area contributed by atoms with Crippen molar-refractivity contribution in [1.82, 2.24) is 9.97 Å². The Morgan fingerprint density at radius 2 is 1.48 bits per heavy atom. The van der Waals surface area contributed by atoms with E-state index in [0.717, 1.165) is 16.7 Å². The Balaban J connectivity index is 1.30. The number of carbonyl (C=O) groups excluding carboxylic acids is 1. The molecular weight excluding hydrogens is 416 g/mol. The van der Waals surface area contributed by atoms with E-state index in [1.54, 1.807) is 30.3 Å². The van der Waals surface area contributed by atoms with Crippen LogP contribution >= 0.6 is 0 Å². The molecule has 5 rings (SSSR count). The van der Waals surface area contributed by atoms with Gasteiger partial charge in [-0.3, -0.25) is 14.9 Å². The number of non-ortho nitro benzene ring substituents is 1. The number of nitro benzene ring substituents is 1. The molecule has 0 fully saturated rings. The zero-order valence-corrected chi connectivity index (χ0v) is 17.4. The van der Waals surface area contributed by atoms with Crippen LogP contribution in [0.2, 0.25) is 0 Å². The van der Waals surface area contributed by atoms with Crippen molar-refractivity contribution in [3.05, 3.63) is 113 Å². The van der Waals surface area contributed by atoms with Gasteiger partial charge >= 0.3 is 0 Å². The number of fused-ring (bicyclic) bond motifs is 1. The first-order chi connectivity index (χ1) is 16.1. The van der Waals surface area contributed by atoms with E-state index in [1.807, 2.05) is 54.6 Å². The summed E-state index contributed by atoms with van der Waals surface area (Å²) in [6, 6.07) is 29.2. The molecule has 0 saturated heterocycles. The lowest BCUT2D eigenvalue weighted by molar-refractivity contribution is -0.384. The van der Waals surface area contributed by atoms with Crippen LogP contribution in [0.1, 0.15) is 10.4 Å². The lowest BCUT2D eigenvalue weighted by atomic mass is 10.0. The minimum Gasteiger partial charge on any atom is -0.338 e. The maximum absolute atomic E-state index is 12.6. The molecule has 160 valence electrons. The number of hydrogen-bond acceptors (Lipinski definition) is 4. The van der Waals surface area contributed by atoms with Gasteiger partial charge in [0.05, 0.1) is 16.0 Å². The molecule has 0 unspecified atom stereocenters. The normalized spacial score (nSPS) is 10.8. The van der Waals surface area contributed by atoms with Gasteiger partial charge in [-0.2, -0.15) is 0 Å². The highest BCUT2D eigenvalue weighted by atomic mass is 16.6. The highest BCUT2D eigenvalue weighted by Crippen LogP contribution is 2.25. The molecule has 33 heavy (non-hydrogen) atoms. The smallest absolute Gasteiger partial charge is 0.271 e. The topological polar surface area (TPSA) is 101 Å². The summed E-state index contributed by atoms with van der Waals surface area (Å²) < 4.78 is 0. The fraction of sp³-hybridized carbons (Fsp3) is 0. The Morgan fingerprint density at radius 1 is 0.818 bits per heavy atom. The van der Waals surface area contributed by atoms with E-state index in [4.69, 9.17) is 0 Å². The second-order valence-electron chi connectivity index (χ2n) is 7.52. The summed E-state index contributed by atoms with van der Waals surface area (Å²) in [5.41, 5.74) is 5.42. The molecule has 1 aromatic heterocycles. The van der Waals surface area contributed by atoms with Gasteiger partial charge in [-0.05, 0) is 53.6 Å². The molecule has 0 aliphatic rings. The number of aromatic nitrogens is 2. The van der Waals surface area contributed by atoms with Gasteiger partial charge in [-0.25, -0.2) is 4.98 Å². The summed E-state index contributed by atoms with van der Waals surface area (Å²) in [6.45, 7) is 0. The van der Waals surface area contributed by atoms with E-state index in [1.165, 1.54) is 12.1 Å². The first-order valence-corrected chi connectivity index (χ1v) is 10.3. The number of rotatable bonds is 5. The number of nitrogens with one attached hydrogen (secondary N) is 2. The van der Waals surface area contributed by atoms with Crippen LogP contribution in [0.4, 0.5) is 11.4 Å². The van der Waals surface area contributed by atoms with E-state index in [-0.39, 0.29) is 11.6 Å². The van der Waals surface area contributed by atoms with Gasteiger partial charge < -0.3 is 10.3 Å². The van der Waals surface area contributed by atoms with E-state index in [0.29, 0.717) is 28.1 Å². The van der Waals surface area contributed by atoms with Gasteiger partial charge in [0, 0.05) is 28.9 Å². The van der Waals surface area contributed by atoms with Crippen LogP contribution in [0.15, 0.2) is 97.1 Å². The number of imidazole rings is 1. The van der Waals surface area contributed by atoms with E-state index in [2.05, 4.69) is 15.3 Å². The highest BCUT2D eigenvalue weighted by molar-refractivity contribution is 6.04. The predicted octanol–water partition coefficient (Wildman–Crippen LogP) is 6.06. The van der Waals surface area contributed by atoms with Crippen molar-refractivity contribution in [1.29, 1.82) is 0 Å². The summed E-state index contributed by atoms with van der Waals surface area (Å²) in [5, 5.41) is 13.9. The summed E-state index contributed by atoms with van der Waals surface area (Å²) in [5.74, 6) is 0.401. The summed E-state index contributed by atoms with van der Waals surface area (Å²) in [4.78, 5) is 30.8. The molecule has 7 heteroatoms. The molecule has 0 radical (unpaired) electrons. The summed E-state index contributed by atoms with van der Waals surface area (Å²) in [7, 11) is 0. The lowest BCUT2D eigenvalue weighted by Crippen LogP contribution is -2.11. The van der Waals surface area contributed by atoms with E-state index < -0.39 is 4.92 Å². The number of amides is 1. The molecule has 0 spiro atoms. The van der Waals surface area contributed by atoms with Crippen LogP contribution in [0.3, 0.4) is 0 Å². The van der Waals surface area contributed by atoms with Crippen molar-refractivity contribution >= 4 is 28.3 Å². The Morgan fingerprint density at radius 3 is 2.18 bits per heavy atom. The van der Waals surface area contributed by atoms with Crippen molar-refractivity contribution in [3.63, 3.8) is 0 Å². The molecule has 1 amide bonds. The monoisotopic (exact) mass is 434 g/mol. The SMILES string of the molecule is O=C(Nc1ccc(-c2nc3ccc([N+](=O)[O-])cc3[nH]2)cc1)c1ccc(-c2ccccc2)cc1. The van der Waals surface area contributed by atoms with Gasteiger partial charge in [0.25, 0.3) is 11.6 Å². The summed E-state index contributed by atoms with van der Waals surface area (Å²) in [6.07, 6.45) is 0. The van der Waals surface area contributed by atoms with Gasteiger partial charge in [0.2, 0.25) is 0 Å². The number of aromatic amines is 1. The van der Waals surface area contributed by atoms with Crippen LogP contribution in [0, 0.1) is 10.1 Å². The molecule has 0 saturated carbocycles. The largest absolute Gasteiger partial charge is 0.338 e. The van der Waals surface area contributed by atoms with Crippen LogP contribution < -0.4 is 5.32 Å². The Kier molecular flexibility index (Phi) is 5.12. The molecule has 7 nitrogen and oxygen atoms in total. The molecule has 0 aliphatic heterocycles. The first-order valence-electron chi connectivity index (χ1n) is 10.3. The zero-order chi connectivity index (χ0) is 22.8. The number of benzene rings is 4. The average Bonchev–Trinajstić information content (AvgIpc) is 3.28. The molecule has 0 atom stereocenters. The van der Waals surface area contributed by atoms with Crippen LogP contribution in [-0.4, -0.2) is 20.8 Å². The molecule has 4 aromatic carbocycles. The average molecular weight is 434 g/mol. The van der Waals surface area contributed by atoms with E-state index >= 15 is 0 Å². The van der Waals surface area contributed by atoms with Gasteiger partial charge in [-0.1, -0.05) is 42.5 Å². The highest BCUT2D eigenvalue weighted by Gasteiger charge is 2.11. The minimum atomic E-state index is -0.438. The van der Waals surface area contributed by atoms with Gasteiger partial charge in [0.15, 0.2) is 0 Å². The number of H-pyrrole nitrogens is 1. The van der Waals surface area contributed by atoms with Crippen LogP contribution in [0.25, 0.3) is 33.5 Å². The fourth-order valence-corrected chi connectivity index (χ4v) is 3.61. The van der Waals surface area contributed by atoms with Crippen LogP contribution in [0.5, 0.6) is 0 Å². The number of anilines is 1. The van der Waals surface area contributed by atoms with Crippen molar-refractivity contribution in [2.24, 2.45) is 0 Å². The molecular formula is C26H18N4O3. The predicted molar refractivity (Wildman–Crippen MR) is 128 cm³/mol. The molecule has 0 aliphatic carbocycles. The van der Waals surface area contributed by atoms with E-state index in [9.17, 15) is 14.9 Å². The Labute approximate surface area is 188 Å². The Hall–Kier alpha value is -4.78. The molecule has 2 N–H and O–H groups in total.